The standard InChI is InChI=1S/C8H9IN2O/c1-11(10)8(12)6-4-2-3-5-7(6)9/h2-5H,10H2,1H3. The van der Waals surface area contributed by atoms with Crippen LogP contribution in [0.5, 0.6) is 0 Å². The van der Waals surface area contributed by atoms with Gasteiger partial charge in [0.05, 0.1) is 5.56 Å². The Morgan fingerprint density at radius 2 is 2.08 bits per heavy atom. The molecule has 1 rings (SSSR count). The van der Waals surface area contributed by atoms with E-state index in [1.54, 1.807) is 6.07 Å². The van der Waals surface area contributed by atoms with Crippen molar-refractivity contribution in [1.29, 1.82) is 0 Å². The van der Waals surface area contributed by atoms with Gasteiger partial charge in [0.1, 0.15) is 0 Å². The first-order valence-electron chi connectivity index (χ1n) is 3.40. The van der Waals surface area contributed by atoms with Gasteiger partial charge in [0.2, 0.25) is 0 Å². The van der Waals surface area contributed by atoms with Gasteiger partial charge < -0.3 is 0 Å². The number of hydrogen-bond donors (Lipinski definition) is 1. The SMILES string of the molecule is CN(N)C(=O)c1ccccc1I. The summed E-state index contributed by atoms with van der Waals surface area (Å²) in [5.74, 6) is 5.15. The number of nitrogens with zero attached hydrogens (tertiary/aromatic N) is 1. The molecule has 0 aliphatic rings. The van der Waals surface area contributed by atoms with Crippen LogP contribution in [0.4, 0.5) is 0 Å². The molecule has 0 atom stereocenters. The van der Waals surface area contributed by atoms with Crippen molar-refractivity contribution in [3.05, 3.63) is 33.4 Å². The highest BCUT2D eigenvalue weighted by molar-refractivity contribution is 14.1. The molecule has 1 aromatic rings. The number of carbonyl (C=O) groups excluding carboxylic acids is 1. The van der Waals surface area contributed by atoms with E-state index < -0.39 is 0 Å². The highest BCUT2D eigenvalue weighted by Crippen LogP contribution is 2.11. The Labute approximate surface area is 84.7 Å². The third-order valence-corrected chi connectivity index (χ3v) is 2.37. The average Bonchev–Trinajstić information content (AvgIpc) is 2.04. The molecule has 0 radical (unpaired) electrons. The molecule has 0 aromatic heterocycles. The summed E-state index contributed by atoms with van der Waals surface area (Å²) >= 11 is 2.11. The van der Waals surface area contributed by atoms with E-state index in [0.29, 0.717) is 5.56 Å². The van der Waals surface area contributed by atoms with Crippen molar-refractivity contribution in [3.8, 4) is 0 Å². The summed E-state index contributed by atoms with van der Waals surface area (Å²) in [5.41, 5.74) is 0.642. The molecule has 0 heterocycles. The molecule has 3 nitrogen and oxygen atoms in total. The summed E-state index contributed by atoms with van der Waals surface area (Å²) in [5, 5.41) is 1.08. The summed E-state index contributed by atoms with van der Waals surface area (Å²) in [7, 11) is 1.53. The van der Waals surface area contributed by atoms with E-state index in [9.17, 15) is 4.79 Å². The molecular weight excluding hydrogens is 267 g/mol. The summed E-state index contributed by atoms with van der Waals surface area (Å²) < 4.78 is 0.914. The highest BCUT2D eigenvalue weighted by atomic mass is 127. The van der Waals surface area contributed by atoms with Gasteiger partial charge in [-0.15, -0.1) is 0 Å². The number of nitrogens with two attached hydrogens (primary N) is 1. The minimum Gasteiger partial charge on any atom is -0.280 e. The van der Waals surface area contributed by atoms with Gasteiger partial charge >= 0.3 is 0 Å². The van der Waals surface area contributed by atoms with Gasteiger partial charge in [-0.05, 0) is 34.7 Å². The van der Waals surface area contributed by atoms with Crippen LogP contribution in [0.25, 0.3) is 0 Å². The van der Waals surface area contributed by atoms with Crippen LogP contribution in [-0.4, -0.2) is 18.0 Å². The Morgan fingerprint density at radius 3 is 2.58 bits per heavy atom. The van der Waals surface area contributed by atoms with Crippen LogP contribution >= 0.6 is 22.6 Å². The maximum absolute atomic E-state index is 11.4. The van der Waals surface area contributed by atoms with Crippen molar-refractivity contribution in [2.45, 2.75) is 0 Å². The Hall–Kier alpha value is -0.620. The van der Waals surface area contributed by atoms with Gasteiger partial charge in [-0.25, -0.2) is 5.84 Å². The lowest BCUT2D eigenvalue weighted by atomic mass is 10.2. The van der Waals surface area contributed by atoms with Crippen LogP contribution in [0.2, 0.25) is 0 Å². The van der Waals surface area contributed by atoms with Crippen molar-refractivity contribution in [3.63, 3.8) is 0 Å². The molecule has 1 aromatic carbocycles. The number of hydrogen-bond acceptors (Lipinski definition) is 2. The fourth-order valence-corrected chi connectivity index (χ4v) is 1.44. The van der Waals surface area contributed by atoms with Gasteiger partial charge in [-0.1, -0.05) is 12.1 Å². The smallest absolute Gasteiger partial charge is 0.268 e. The minimum atomic E-state index is -0.167. The Morgan fingerprint density at radius 1 is 1.50 bits per heavy atom. The number of carbonyl (C=O) groups is 1. The molecule has 0 bridgehead atoms. The molecule has 0 unspecified atom stereocenters. The van der Waals surface area contributed by atoms with E-state index in [4.69, 9.17) is 5.84 Å². The number of halogens is 1. The first-order chi connectivity index (χ1) is 5.63. The molecule has 2 N–H and O–H groups in total. The normalized spacial score (nSPS) is 9.58. The zero-order valence-corrected chi connectivity index (χ0v) is 8.78. The van der Waals surface area contributed by atoms with Crippen molar-refractivity contribution < 1.29 is 4.79 Å². The van der Waals surface area contributed by atoms with E-state index in [-0.39, 0.29) is 5.91 Å². The molecule has 0 spiro atoms. The second kappa shape index (κ2) is 3.86. The Bertz CT molecular complexity index is 299. The van der Waals surface area contributed by atoms with E-state index in [0.717, 1.165) is 8.58 Å². The third kappa shape index (κ3) is 1.95. The lowest BCUT2D eigenvalue weighted by Gasteiger charge is -2.10. The molecule has 0 saturated carbocycles. The second-order valence-electron chi connectivity index (χ2n) is 2.40. The van der Waals surface area contributed by atoms with Gasteiger partial charge in [0, 0.05) is 10.6 Å². The molecule has 12 heavy (non-hydrogen) atoms. The molecule has 0 aliphatic heterocycles. The molecule has 0 saturated heterocycles. The van der Waals surface area contributed by atoms with Crippen LogP contribution in [-0.2, 0) is 0 Å². The average molecular weight is 276 g/mol. The van der Waals surface area contributed by atoms with E-state index >= 15 is 0 Å². The molecule has 0 fully saturated rings. The fraction of sp³-hybridized carbons (Fsp3) is 0.125. The van der Waals surface area contributed by atoms with Gasteiger partial charge in [-0.2, -0.15) is 0 Å². The van der Waals surface area contributed by atoms with E-state index in [2.05, 4.69) is 22.6 Å². The van der Waals surface area contributed by atoms with Crippen molar-refractivity contribution in [2.75, 3.05) is 7.05 Å². The third-order valence-electron chi connectivity index (χ3n) is 1.42. The Balaban J connectivity index is 3.03. The topological polar surface area (TPSA) is 46.3 Å². The minimum absolute atomic E-state index is 0.167. The predicted octanol–water partition coefficient (Wildman–Crippen LogP) is 1.24. The van der Waals surface area contributed by atoms with Crippen molar-refractivity contribution in [1.82, 2.24) is 5.01 Å². The summed E-state index contributed by atoms with van der Waals surface area (Å²) in [4.78, 5) is 11.4. The highest BCUT2D eigenvalue weighted by Gasteiger charge is 2.10. The maximum atomic E-state index is 11.4. The molecule has 4 heteroatoms. The lowest BCUT2D eigenvalue weighted by Crippen LogP contribution is -2.33. The lowest BCUT2D eigenvalue weighted by molar-refractivity contribution is 0.0794. The van der Waals surface area contributed by atoms with Crippen LogP contribution in [0.1, 0.15) is 10.4 Å². The number of hydrazine groups is 1. The predicted molar refractivity (Wildman–Crippen MR) is 55.4 cm³/mol. The first kappa shape index (κ1) is 9.47. The van der Waals surface area contributed by atoms with Crippen molar-refractivity contribution in [2.24, 2.45) is 5.84 Å². The first-order valence-corrected chi connectivity index (χ1v) is 4.48. The molecular formula is C8H9IN2O. The van der Waals surface area contributed by atoms with Crippen LogP contribution < -0.4 is 5.84 Å². The van der Waals surface area contributed by atoms with Crippen LogP contribution in [0, 0.1) is 3.57 Å². The van der Waals surface area contributed by atoms with Crippen LogP contribution in [0.15, 0.2) is 24.3 Å². The number of rotatable bonds is 1. The van der Waals surface area contributed by atoms with E-state index in [1.165, 1.54) is 7.05 Å². The quantitative estimate of drug-likeness (QED) is 0.363. The second-order valence-corrected chi connectivity index (χ2v) is 3.56. The zero-order valence-electron chi connectivity index (χ0n) is 6.62. The molecule has 0 aliphatic carbocycles. The summed E-state index contributed by atoms with van der Waals surface area (Å²) in [6.07, 6.45) is 0. The monoisotopic (exact) mass is 276 g/mol. The van der Waals surface area contributed by atoms with E-state index in [1.807, 2.05) is 18.2 Å². The fourth-order valence-electron chi connectivity index (χ4n) is 0.825. The Kier molecular flexibility index (Phi) is 3.05. The zero-order chi connectivity index (χ0) is 9.14. The maximum Gasteiger partial charge on any atom is 0.268 e. The van der Waals surface area contributed by atoms with Crippen LogP contribution in [0.3, 0.4) is 0 Å². The number of benzene rings is 1. The molecule has 64 valence electrons. The van der Waals surface area contributed by atoms with Gasteiger partial charge in [0.25, 0.3) is 5.91 Å². The molecule has 1 amide bonds. The van der Waals surface area contributed by atoms with Crippen molar-refractivity contribution >= 4 is 28.5 Å². The largest absolute Gasteiger partial charge is 0.280 e. The summed E-state index contributed by atoms with van der Waals surface area (Å²) in [6.45, 7) is 0. The van der Waals surface area contributed by atoms with Gasteiger partial charge in [-0.3, -0.25) is 9.80 Å². The number of amides is 1. The van der Waals surface area contributed by atoms with Gasteiger partial charge in [0.15, 0.2) is 0 Å². The summed E-state index contributed by atoms with van der Waals surface area (Å²) in [6, 6.07) is 7.33.